The van der Waals surface area contributed by atoms with Crippen LogP contribution in [0.25, 0.3) is 0 Å². The van der Waals surface area contributed by atoms with Crippen molar-refractivity contribution in [2.45, 2.75) is 51.0 Å². The van der Waals surface area contributed by atoms with Crippen LogP contribution in [0, 0.1) is 0 Å². The fourth-order valence-electron chi connectivity index (χ4n) is 3.26. The Bertz CT molecular complexity index is 576. The van der Waals surface area contributed by atoms with E-state index < -0.39 is 0 Å². The molecule has 4 nitrogen and oxygen atoms in total. The lowest BCUT2D eigenvalue weighted by atomic mass is 9.97. The molecule has 130 valence electrons. The van der Waals surface area contributed by atoms with Crippen molar-refractivity contribution in [2.24, 2.45) is 0 Å². The predicted molar refractivity (Wildman–Crippen MR) is 94.4 cm³/mol. The summed E-state index contributed by atoms with van der Waals surface area (Å²) in [6, 6.07) is 7.39. The summed E-state index contributed by atoms with van der Waals surface area (Å²) in [7, 11) is 0. The van der Waals surface area contributed by atoms with E-state index in [0.29, 0.717) is 18.7 Å². The second kappa shape index (κ2) is 8.88. The van der Waals surface area contributed by atoms with E-state index in [1.165, 1.54) is 31.3 Å². The number of amides is 1. The molecule has 1 amide bonds. The van der Waals surface area contributed by atoms with Crippen LogP contribution in [0.1, 0.15) is 55.3 Å². The van der Waals surface area contributed by atoms with Gasteiger partial charge >= 0.3 is 0 Å². The number of nitrogens with one attached hydrogen (secondary N) is 1. The van der Waals surface area contributed by atoms with Gasteiger partial charge in [0.1, 0.15) is 12.4 Å². The zero-order valence-electron chi connectivity index (χ0n) is 14.3. The molecule has 1 atom stereocenters. The third-order valence-corrected chi connectivity index (χ3v) is 4.67. The largest absolute Gasteiger partial charge is 0.491 e. The number of ether oxygens (including phenoxy) is 2. The van der Waals surface area contributed by atoms with Crippen molar-refractivity contribution in [1.82, 2.24) is 5.32 Å². The van der Waals surface area contributed by atoms with E-state index in [4.69, 9.17) is 9.47 Å². The summed E-state index contributed by atoms with van der Waals surface area (Å²) < 4.78 is 11.3. The van der Waals surface area contributed by atoms with Crippen LogP contribution in [0.3, 0.4) is 0 Å². The van der Waals surface area contributed by atoms with Crippen molar-refractivity contribution in [3.8, 4) is 5.75 Å². The van der Waals surface area contributed by atoms with Gasteiger partial charge in [-0.05, 0) is 63.1 Å². The van der Waals surface area contributed by atoms with E-state index in [1.807, 2.05) is 24.3 Å². The minimum atomic E-state index is -0.0334. The summed E-state index contributed by atoms with van der Waals surface area (Å²) in [5.74, 6) is 0.696. The Labute approximate surface area is 144 Å². The van der Waals surface area contributed by atoms with Gasteiger partial charge in [0, 0.05) is 18.7 Å². The molecule has 2 aliphatic rings. The van der Waals surface area contributed by atoms with Crippen LogP contribution in [-0.2, 0) is 4.74 Å². The van der Waals surface area contributed by atoms with Gasteiger partial charge in [-0.2, -0.15) is 0 Å². The molecule has 1 heterocycles. The normalized spacial score (nSPS) is 20.5. The highest BCUT2D eigenvalue weighted by molar-refractivity contribution is 5.94. The fourth-order valence-corrected chi connectivity index (χ4v) is 3.26. The van der Waals surface area contributed by atoms with Crippen molar-refractivity contribution in [3.63, 3.8) is 0 Å². The fraction of sp³-hybridized carbons (Fsp3) is 0.550. The number of hydrogen-bond acceptors (Lipinski definition) is 3. The number of allylic oxidation sites excluding steroid dienone is 1. The Balaban J connectivity index is 1.45. The van der Waals surface area contributed by atoms with Gasteiger partial charge in [0.2, 0.25) is 0 Å². The molecule has 0 spiro atoms. The first-order valence-electron chi connectivity index (χ1n) is 9.12. The van der Waals surface area contributed by atoms with Crippen LogP contribution in [0.4, 0.5) is 0 Å². The van der Waals surface area contributed by atoms with Gasteiger partial charge in [-0.25, -0.2) is 0 Å². The molecule has 4 heteroatoms. The van der Waals surface area contributed by atoms with Gasteiger partial charge in [0.25, 0.3) is 5.91 Å². The maximum absolute atomic E-state index is 12.3. The average molecular weight is 329 g/mol. The molecule has 1 aliphatic carbocycles. The van der Waals surface area contributed by atoms with Gasteiger partial charge in [0.15, 0.2) is 0 Å². The van der Waals surface area contributed by atoms with Gasteiger partial charge in [-0.1, -0.05) is 17.7 Å². The molecule has 24 heavy (non-hydrogen) atoms. The summed E-state index contributed by atoms with van der Waals surface area (Å²) in [4.78, 5) is 12.3. The minimum Gasteiger partial charge on any atom is -0.491 e. The Morgan fingerprint density at radius 2 is 2.25 bits per heavy atom. The molecule has 1 aliphatic heterocycles. The lowest BCUT2D eigenvalue weighted by Crippen LogP contribution is -2.25. The summed E-state index contributed by atoms with van der Waals surface area (Å²) in [6.07, 6.45) is 10.6. The SMILES string of the molecule is O=C(NCCC1=CCCCC1)c1cccc(OC[C@@H]2CCCO2)c1. The number of benzene rings is 1. The summed E-state index contributed by atoms with van der Waals surface area (Å²) >= 11 is 0. The number of rotatable bonds is 7. The molecule has 1 fully saturated rings. The first-order chi connectivity index (χ1) is 11.8. The van der Waals surface area contributed by atoms with Crippen LogP contribution in [0.2, 0.25) is 0 Å². The highest BCUT2D eigenvalue weighted by atomic mass is 16.5. The first-order valence-corrected chi connectivity index (χ1v) is 9.12. The Morgan fingerprint density at radius 3 is 3.04 bits per heavy atom. The van der Waals surface area contributed by atoms with Crippen LogP contribution >= 0.6 is 0 Å². The summed E-state index contributed by atoms with van der Waals surface area (Å²) in [5, 5.41) is 3.01. The zero-order chi connectivity index (χ0) is 16.6. The van der Waals surface area contributed by atoms with Crippen molar-refractivity contribution >= 4 is 5.91 Å². The third kappa shape index (κ3) is 5.10. The molecule has 0 bridgehead atoms. The standard InChI is InChI=1S/C20H27NO3/c22-20(21-12-11-16-6-2-1-3-7-16)17-8-4-9-18(14-17)24-15-19-10-5-13-23-19/h4,6,8-9,14,19H,1-3,5,7,10-13,15H2,(H,21,22)/t19-/m0/s1. The Kier molecular flexibility index (Phi) is 6.30. The van der Waals surface area contributed by atoms with Crippen molar-refractivity contribution in [2.75, 3.05) is 19.8 Å². The number of carbonyl (C=O) groups is 1. The monoisotopic (exact) mass is 329 g/mol. The molecule has 1 aromatic carbocycles. The van der Waals surface area contributed by atoms with Gasteiger partial charge in [0.05, 0.1) is 6.10 Å². The van der Waals surface area contributed by atoms with Gasteiger partial charge in [-0.3, -0.25) is 4.79 Å². The molecule has 0 unspecified atom stereocenters. The highest BCUT2D eigenvalue weighted by Gasteiger charge is 2.16. The number of hydrogen-bond donors (Lipinski definition) is 1. The first kappa shape index (κ1) is 17.0. The second-order valence-electron chi connectivity index (χ2n) is 6.59. The van der Waals surface area contributed by atoms with Crippen molar-refractivity contribution < 1.29 is 14.3 Å². The van der Waals surface area contributed by atoms with Gasteiger partial charge < -0.3 is 14.8 Å². The molecule has 3 rings (SSSR count). The predicted octanol–water partition coefficient (Wildman–Crippen LogP) is 3.86. The van der Waals surface area contributed by atoms with Crippen molar-refractivity contribution in [3.05, 3.63) is 41.5 Å². The van der Waals surface area contributed by atoms with Crippen LogP contribution in [-0.4, -0.2) is 31.8 Å². The van der Waals surface area contributed by atoms with Crippen LogP contribution in [0.5, 0.6) is 5.75 Å². The van der Waals surface area contributed by atoms with E-state index in [2.05, 4.69) is 11.4 Å². The molecule has 0 radical (unpaired) electrons. The topological polar surface area (TPSA) is 47.6 Å². The maximum Gasteiger partial charge on any atom is 0.251 e. The third-order valence-electron chi connectivity index (χ3n) is 4.67. The second-order valence-corrected chi connectivity index (χ2v) is 6.59. The van der Waals surface area contributed by atoms with Gasteiger partial charge in [-0.15, -0.1) is 0 Å². The van der Waals surface area contributed by atoms with Crippen LogP contribution in [0.15, 0.2) is 35.9 Å². The summed E-state index contributed by atoms with van der Waals surface area (Å²) in [6.45, 7) is 2.08. The van der Waals surface area contributed by atoms with E-state index in [0.717, 1.165) is 31.6 Å². The molecule has 0 saturated carbocycles. The highest BCUT2D eigenvalue weighted by Crippen LogP contribution is 2.20. The average Bonchev–Trinajstić information content (AvgIpc) is 3.15. The van der Waals surface area contributed by atoms with E-state index in [9.17, 15) is 4.79 Å². The molecular formula is C20H27NO3. The van der Waals surface area contributed by atoms with Crippen LogP contribution < -0.4 is 10.1 Å². The smallest absolute Gasteiger partial charge is 0.251 e. The summed E-state index contributed by atoms with van der Waals surface area (Å²) in [5.41, 5.74) is 2.13. The molecule has 1 N–H and O–H groups in total. The lowest BCUT2D eigenvalue weighted by molar-refractivity contribution is 0.0679. The quantitative estimate of drug-likeness (QED) is 0.773. The number of carbonyl (C=O) groups excluding carboxylic acids is 1. The van der Waals surface area contributed by atoms with E-state index in [1.54, 1.807) is 0 Å². The zero-order valence-corrected chi connectivity index (χ0v) is 14.3. The maximum atomic E-state index is 12.3. The Hall–Kier alpha value is -1.81. The molecular weight excluding hydrogens is 302 g/mol. The molecule has 1 saturated heterocycles. The lowest BCUT2D eigenvalue weighted by Gasteiger charge is -2.14. The van der Waals surface area contributed by atoms with E-state index >= 15 is 0 Å². The molecule has 1 aromatic rings. The Morgan fingerprint density at radius 1 is 1.29 bits per heavy atom. The minimum absolute atomic E-state index is 0.0334. The van der Waals surface area contributed by atoms with Crippen molar-refractivity contribution in [1.29, 1.82) is 0 Å². The van der Waals surface area contributed by atoms with E-state index in [-0.39, 0.29) is 12.0 Å². The molecule has 0 aromatic heterocycles.